The molecule has 1 aliphatic heterocycles. The molecule has 1 fully saturated rings. The molecule has 6 nitrogen and oxygen atoms in total. The number of hydrogen-bond donors (Lipinski definition) is 3. The molecule has 0 radical (unpaired) electrons. The van der Waals surface area contributed by atoms with E-state index in [1.807, 2.05) is 18.2 Å². The molecule has 0 spiro atoms. The molecule has 1 saturated heterocycles. The fourth-order valence-electron chi connectivity index (χ4n) is 5.40. The average molecular weight is 585 g/mol. The zero-order chi connectivity index (χ0) is 30.8. The standard InChI is InChI=1S/C32H37F3N2O.CH2O3/c1-3-31(2,25-13-8-5-9-14-25)19-10-20-37-21-17-27(18-22-37)36-30(38)29-23-26(32(33,34)35)15-16-28(29)24-11-6-4-7-12-24;2-1(3)4/h4-9,11-16,23,27H,3,10,17-22H2,1-2H3,(H,36,38);(H2,2,3,4). The number of carbonyl (C=O) groups excluding carboxylic acids is 1. The monoisotopic (exact) mass is 584 g/mol. The van der Waals surface area contributed by atoms with Gasteiger partial charge < -0.3 is 20.4 Å². The second-order valence-corrected chi connectivity index (χ2v) is 10.9. The maximum absolute atomic E-state index is 13.4. The normalized spacial score (nSPS) is 15.6. The quantitative estimate of drug-likeness (QED) is 0.238. The summed E-state index contributed by atoms with van der Waals surface area (Å²) in [5.41, 5.74) is 2.02. The minimum absolute atomic E-state index is 0.0536. The van der Waals surface area contributed by atoms with E-state index in [4.69, 9.17) is 15.0 Å². The van der Waals surface area contributed by atoms with E-state index in [9.17, 15) is 18.0 Å². The Kier molecular flexibility index (Phi) is 11.6. The van der Waals surface area contributed by atoms with Crippen LogP contribution in [0.2, 0.25) is 0 Å². The highest BCUT2D eigenvalue weighted by Crippen LogP contribution is 2.34. The molecule has 1 atom stereocenters. The van der Waals surface area contributed by atoms with Gasteiger partial charge in [0.25, 0.3) is 5.91 Å². The number of carbonyl (C=O) groups is 2. The lowest BCUT2D eigenvalue weighted by atomic mass is 9.76. The largest absolute Gasteiger partial charge is 0.503 e. The van der Waals surface area contributed by atoms with Crippen molar-refractivity contribution in [1.29, 1.82) is 0 Å². The van der Waals surface area contributed by atoms with Crippen molar-refractivity contribution in [2.45, 2.75) is 63.6 Å². The number of carboxylic acid groups (broad SMARTS) is 2. The first-order valence-corrected chi connectivity index (χ1v) is 14.2. The summed E-state index contributed by atoms with van der Waals surface area (Å²) in [5, 5.41) is 17.0. The first-order chi connectivity index (χ1) is 19.9. The predicted molar refractivity (Wildman–Crippen MR) is 158 cm³/mol. The van der Waals surface area contributed by atoms with Crippen LogP contribution in [0.25, 0.3) is 11.1 Å². The number of rotatable bonds is 9. The lowest BCUT2D eigenvalue weighted by molar-refractivity contribution is -0.137. The molecule has 0 aromatic heterocycles. The lowest BCUT2D eigenvalue weighted by Crippen LogP contribution is -2.45. The van der Waals surface area contributed by atoms with Gasteiger partial charge in [0, 0.05) is 24.7 Å². The van der Waals surface area contributed by atoms with Crippen molar-refractivity contribution < 1.29 is 33.0 Å². The van der Waals surface area contributed by atoms with Crippen molar-refractivity contribution in [2.24, 2.45) is 0 Å². The Morgan fingerprint density at radius 3 is 2.02 bits per heavy atom. The Morgan fingerprint density at radius 2 is 1.48 bits per heavy atom. The van der Waals surface area contributed by atoms with E-state index in [0.717, 1.165) is 69.4 Å². The van der Waals surface area contributed by atoms with Gasteiger partial charge in [-0.3, -0.25) is 4.79 Å². The van der Waals surface area contributed by atoms with E-state index in [1.54, 1.807) is 12.1 Å². The van der Waals surface area contributed by atoms with E-state index in [1.165, 1.54) is 11.6 Å². The lowest BCUT2D eigenvalue weighted by Gasteiger charge is -2.34. The molecule has 42 heavy (non-hydrogen) atoms. The Labute approximate surface area is 245 Å². The number of nitrogens with one attached hydrogen (secondary N) is 1. The highest BCUT2D eigenvalue weighted by molar-refractivity contribution is 6.01. The van der Waals surface area contributed by atoms with Gasteiger partial charge in [-0.1, -0.05) is 80.6 Å². The number of hydrogen-bond acceptors (Lipinski definition) is 3. The van der Waals surface area contributed by atoms with E-state index in [0.29, 0.717) is 5.56 Å². The first kappa shape index (κ1) is 32.7. The third-order valence-electron chi connectivity index (χ3n) is 8.05. The van der Waals surface area contributed by atoms with Crippen LogP contribution in [-0.2, 0) is 11.6 Å². The highest BCUT2D eigenvalue weighted by Gasteiger charge is 2.32. The minimum atomic E-state index is -4.51. The van der Waals surface area contributed by atoms with Crippen LogP contribution in [0, 0.1) is 0 Å². The van der Waals surface area contributed by atoms with Crippen LogP contribution in [0.15, 0.2) is 78.9 Å². The molecule has 9 heteroatoms. The Bertz CT molecular complexity index is 1290. The number of amides is 1. The van der Waals surface area contributed by atoms with Gasteiger partial charge in [-0.25, -0.2) is 4.79 Å². The molecule has 0 aliphatic carbocycles. The minimum Gasteiger partial charge on any atom is -0.450 e. The average Bonchev–Trinajstić information content (AvgIpc) is 2.98. The first-order valence-electron chi connectivity index (χ1n) is 14.2. The molecule has 0 saturated carbocycles. The van der Waals surface area contributed by atoms with Crippen LogP contribution in [0.3, 0.4) is 0 Å². The van der Waals surface area contributed by atoms with Crippen molar-refractivity contribution in [1.82, 2.24) is 10.2 Å². The molecular weight excluding hydrogens is 545 g/mol. The number of likely N-dealkylation sites (tertiary alicyclic amines) is 1. The summed E-state index contributed by atoms with van der Waals surface area (Å²) in [6.45, 7) is 7.33. The van der Waals surface area contributed by atoms with Crippen LogP contribution in [-0.4, -0.2) is 52.9 Å². The third kappa shape index (κ3) is 9.34. The summed E-state index contributed by atoms with van der Waals surface area (Å²) < 4.78 is 40.3. The predicted octanol–water partition coefficient (Wildman–Crippen LogP) is 7.94. The third-order valence-corrected chi connectivity index (χ3v) is 8.05. The SMILES string of the molecule is CCC(C)(CCCN1CCC(NC(=O)c2cc(C(F)(F)F)ccc2-c2ccccc2)CC1)c1ccccc1.O=C(O)O. The fourth-order valence-corrected chi connectivity index (χ4v) is 5.40. The fraction of sp³-hybridized carbons (Fsp3) is 0.394. The maximum atomic E-state index is 13.4. The summed E-state index contributed by atoms with van der Waals surface area (Å²) >= 11 is 0. The summed E-state index contributed by atoms with van der Waals surface area (Å²) in [4.78, 5) is 24.2. The molecule has 226 valence electrons. The molecule has 1 unspecified atom stereocenters. The zero-order valence-corrected chi connectivity index (χ0v) is 24.0. The summed E-state index contributed by atoms with van der Waals surface area (Å²) in [5.74, 6) is -0.449. The van der Waals surface area contributed by atoms with Gasteiger partial charge in [0.1, 0.15) is 0 Å². The number of benzene rings is 3. The molecule has 1 amide bonds. The Morgan fingerprint density at radius 1 is 0.905 bits per heavy atom. The van der Waals surface area contributed by atoms with E-state index in [2.05, 4.69) is 54.4 Å². The van der Waals surface area contributed by atoms with Gasteiger partial charge in [-0.05, 0) is 72.9 Å². The molecule has 1 aliphatic rings. The van der Waals surface area contributed by atoms with E-state index in [-0.39, 0.29) is 17.0 Å². The second kappa shape index (κ2) is 14.9. The Hall–Kier alpha value is -3.85. The molecule has 1 heterocycles. The number of alkyl halides is 3. The highest BCUT2D eigenvalue weighted by atomic mass is 19.4. The Balaban J connectivity index is 0.00000114. The van der Waals surface area contributed by atoms with Gasteiger partial charge >= 0.3 is 12.3 Å². The summed E-state index contributed by atoms with van der Waals surface area (Å²) in [6.07, 6.45) is -1.47. The van der Waals surface area contributed by atoms with Crippen molar-refractivity contribution in [2.75, 3.05) is 19.6 Å². The number of piperidine rings is 1. The van der Waals surface area contributed by atoms with Gasteiger partial charge in [-0.15, -0.1) is 0 Å². The van der Waals surface area contributed by atoms with Crippen molar-refractivity contribution >= 4 is 12.1 Å². The van der Waals surface area contributed by atoms with Crippen LogP contribution in [0.5, 0.6) is 0 Å². The van der Waals surface area contributed by atoms with E-state index < -0.39 is 23.8 Å². The van der Waals surface area contributed by atoms with Crippen molar-refractivity contribution in [3.8, 4) is 11.1 Å². The molecular formula is C33H39F3N2O4. The number of nitrogens with zero attached hydrogens (tertiary/aromatic N) is 1. The van der Waals surface area contributed by atoms with E-state index >= 15 is 0 Å². The summed E-state index contributed by atoms with van der Waals surface area (Å²) in [7, 11) is 0. The second-order valence-electron chi connectivity index (χ2n) is 10.9. The van der Waals surface area contributed by atoms with Gasteiger partial charge in [0.2, 0.25) is 0 Å². The van der Waals surface area contributed by atoms with Crippen LogP contribution in [0.1, 0.15) is 67.4 Å². The van der Waals surface area contributed by atoms with Gasteiger partial charge in [0.15, 0.2) is 0 Å². The number of halogens is 3. The van der Waals surface area contributed by atoms with Crippen LogP contribution in [0.4, 0.5) is 18.0 Å². The maximum Gasteiger partial charge on any atom is 0.503 e. The van der Waals surface area contributed by atoms with Crippen molar-refractivity contribution in [3.05, 3.63) is 95.6 Å². The smallest absolute Gasteiger partial charge is 0.450 e. The van der Waals surface area contributed by atoms with Crippen LogP contribution >= 0.6 is 0 Å². The van der Waals surface area contributed by atoms with Gasteiger partial charge in [0.05, 0.1) is 5.56 Å². The molecule has 0 bridgehead atoms. The molecule has 3 aromatic rings. The zero-order valence-electron chi connectivity index (χ0n) is 24.0. The van der Waals surface area contributed by atoms with Crippen molar-refractivity contribution in [3.63, 3.8) is 0 Å². The topological polar surface area (TPSA) is 89.9 Å². The molecule has 4 rings (SSSR count). The van der Waals surface area contributed by atoms with Gasteiger partial charge in [-0.2, -0.15) is 13.2 Å². The van der Waals surface area contributed by atoms with Crippen LogP contribution < -0.4 is 5.32 Å². The molecule has 3 N–H and O–H groups in total. The summed E-state index contributed by atoms with van der Waals surface area (Å²) in [6, 6.07) is 23.1. The molecule has 3 aromatic carbocycles.